The molecule has 0 radical (unpaired) electrons. The number of carboxylic acid groups (broad SMARTS) is 1. The Hall–Kier alpha value is -0.590. The Labute approximate surface area is 115 Å². The quantitative estimate of drug-likeness (QED) is 0.839. The Morgan fingerprint density at radius 3 is 2.50 bits per heavy atom. The van der Waals surface area contributed by atoms with Crippen LogP contribution in [0.5, 0.6) is 0 Å². The van der Waals surface area contributed by atoms with Gasteiger partial charge in [0, 0.05) is 15.7 Å². The van der Waals surface area contributed by atoms with Crippen molar-refractivity contribution >= 4 is 40.9 Å². The molecule has 0 spiro atoms. The first-order valence-corrected chi connectivity index (χ1v) is 6.33. The fourth-order valence-electron chi connectivity index (χ4n) is 1.07. The molecule has 0 aromatic heterocycles. The summed E-state index contributed by atoms with van der Waals surface area (Å²) in [6.07, 6.45) is -4.79. The Bertz CT molecular complexity index is 451. The summed E-state index contributed by atoms with van der Waals surface area (Å²) >= 11 is 12.1. The van der Waals surface area contributed by atoms with Crippen LogP contribution >= 0.6 is 35.0 Å². The highest BCUT2D eigenvalue weighted by atomic mass is 35.5. The number of carboxylic acids is 1. The number of hydrogen-bond donors (Lipinski definition) is 1. The third-order valence-corrected chi connectivity index (χ3v) is 3.82. The van der Waals surface area contributed by atoms with Crippen molar-refractivity contribution in [3.63, 3.8) is 0 Å². The largest absolute Gasteiger partial charge is 0.481 e. The number of thioether (sulfide) groups is 1. The first-order valence-electron chi connectivity index (χ1n) is 4.59. The first-order chi connectivity index (χ1) is 8.21. The molecule has 1 unspecified atom stereocenters. The highest BCUT2D eigenvalue weighted by Crippen LogP contribution is 2.35. The Morgan fingerprint density at radius 1 is 1.39 bits per heavy atom. The van der Waals surface area contributed by atoms with E-state index in [-0.39, 0.29) is 5.02 Å². The van der Waals surface area contributed by atoms with E-state index in [0.29, 0.717) is 21.7 Å². The van der Waals surface area contributed by atoms with Crippen LogP contribution in [-0.4, -0.2) is 23.0 Å². The van der Waals surface area contributed by atoms with Gasteiger partial charge in [-0.2, -0.15) is 13.2 Å². The second-order valence-corrected chi connectivity index (χ2v) is 5.22. The normalized spacial score (nSPS) is 13.4. The van der Waals surface area contributed by atoms with Crippen molar-refractivity contribution in [3.05, 3.63) is 28.2 Å². The molecule has 1 aromatic rings. The molecule has 0 aliphatic heterocycles. The second-order valence-electron chi connectivity index (χ2n) is 3.32. The zero-order chi connectivity index (χ0) is 13.9. The van der Waals surface area contributed by atoms with Gasteiger partial charge in [-0.3, -0.25) is 4.79 Å². The summed E-state index contributed by atoms with van der Waals surface area (Å²) < 4.78 is 37.2. The molecule has 0 aliphatic rings. The summed E-state index contributed by atoms with van der Waals surface area (Å²) in [6, 6.07) is 4.33. The summed E-state index contributed by atoms with van der Waals surface area (Å²) in [5, 5.41) is 9.07. The zero-order valence-corrected chi connectivity index (χ0v) is 11.0. The van der Waals surface area contributed by atoms with Crippen LogP contribution in [0.25, 0.3) is 0 Å². The minimum atomic E-state index is -4.79. The maximum absolute atomic E-state index is 12.4. The van der Waals surface area contributed by atoms with Crippen LogP contribution in [0.4, 0.5) is 13.2 Å². The van der Waals surface area contributed by atoms with Gasteiger partial charge in [-0.1, -0.05) is 23.2 Å². The van der Waals surface area contributed by atoms with Crippen LogP contribution in [0.1, 0.15) is 0 Å². The standard InChI is InChI=1S/C10H7Cl2F3O2S/c11-5-1-2-7(12)8(3-5)18-4-6(9(16)17)10(13,14)15/h1-3,6H,4H2,(H,16,17). The number of hydrogen-bond acceptors (Lipinski definition) is 2. The van der Waals surface area contributed by atoms with Crippen LogP contribution in [0.15, 0.2) is 23.1 Å². The topological polar surface area (TPSA) is 37.3 Å². The average molecular weight is 319 g/mol. The van der Waals surface area contributed by atoms with E-state index in [1.807, 2.05) is 0 Å². The van der Waals surface area contributed by atoms with E-state index >= 15 is 0 Å². The number of alkyl halides is 3. The second kappa shape index (κ2) is 6.04. The van der Waals surface area contributed by atoms with Gasteiger partial charge in [-0.15, -0.1) is 11.8 Å². The highest BCUT2D eigenvalue weighted by Gasteiger charge is 2.44. The molecule has 2 nitrogen and oxygen atoms in total. The smallest absolute Gasteiger partial charge is 0.403 e. The maximum Gasteiger partial charge on any atom is 0.403 e. The summed E-state index contributed by atoms with van der Waals surface area (Å²) in [6.45, 7) is 0. The van der Waals surface area contributed by atoms with Crippen molar-refractivity contribution in [3.8, 4) is 0 Å². The predicted molar refractivity (Wildman–Crippen MR) is 64.4 cm³/mol. The summed E-state index contributed by atoms with van der Waals surface area (Å²) in [5.41, 5.74) is 0. The minimum Gasteiger partial charge on any atom is -0.481 e. The molecule has 0 saturated carbocycles. The number of halogens is 5. The van der Waals surface area contributed by atoms with E-state index in [1.54, 1.807) is 0 Å². The van der Waals surface area contributed by atoms with Crippen LogP contribution in [0, 0.1) is 5.92 Å². The van der Waals surface area contributed by atoms with Crippen molar-refractivity contribution in [2.75, 3.05) is 5.75 Å². The average Bonchev–Trinajstić information content (AvgIpc) is 2.20. The van der Waals surface area contributed by atoms with Gasteiger partial charge in [0.25, 0.3) is 0 Å². The van der Waals surface area contributed by atoms with Gasteiger partial charge < -0.3 is 5.11 Å². The minimum absolute atomic E-state index is 0.232. The summed E-state index contributed by atoms with van der Waals surface area (Å²) in [4.78, 5) is 10.8. The summed E-state index contributed by atoms with van der Waals surface area (Å²) in [5.74, 6) is -5.00. The van der Waals surface area contributed by atoms with Gasteiger partial charge in [0.15, 0.2) is 5.92 Å². The molecule has 1 N–H and O–H groups in total. The molecule has 0 fully saturated rings. The number of carbonyl (C=O) groups is 1. The molecular weight excluding hydrogens is 312 g/mol. The van der Waals surface area contributed by atoms with Crippen LogP contribution in [-0.2, 0) is 4.79 Å². The zero-order valence-electron chi connectivity index (χ0n) is 8.67. The van der Waals surface area contributed by atoms with Crippen LogP contribution in [0.3, 0.4) is 0 Å². The number of benzene rings is 1. The lowest BCUT2D eigenvalue weighted by Crippen LogP contribution is -2.32. The fourth-order valence-corrected chi connectivity index (χ4v) is 2.68. The monoisotopic (exact) mass is 318 g/mol. The van der Waals surface area contributed by atoms with E-state index in [9.17, 15) is 18.0 Å². The molecule has 0 amide bonds. The molecule has 1 atom stereocenters. The third kappa shape index (κ3) is 4.26. The van der Waals surface area contributed by atoms with Crippen molar-refractivity contribution < 1.29 is 23.1 Å². The SMILES string of the molecule is O=C(O)C(CSc1cc(Cl)ccc1Cl)C(F)(F)F. The predicted octanol–water partition coefficient (Wildman–Crippen LogP) is 4.35. The van der Waals surface area contributed by atoms with Gasteiger partial charge in [0.05, 0.1) is 5.02 Å². The van der Waals surface area contributed by atoms with Crippen molar-refractivity contribution in [1.82, 2.24) is 0 Å². The van der Waals surface area contributed by atoms with E-state index in [0.717, 1.165) is 0 Å². The molecule has 0 aliphatic carbocycles. The Balaban J connectivity index is 2.79. The molecular formula is C10H7Cl2F3O2S. The fraction of sp³-hybridized carbons (Fsp3) is 0.300. The van der Waals surface area contributed by atoms with Crippen molar-refractivity contribution in [2.45, 2.75) is 11.1 Å². The molecule has 1 rings (SSSR count). The van der Waals surface area contributed by atoms with Crippen LogP contribution in [0.2, 0.25) is 10.0 Å². The van der Waals surface area contributed by atoms with Gasteiger partial charge >= 0.3 is 12.1 Å². The first kappa shape index (κ1) is 15.5. The maximum atomic E-state index is 12.4. The van der Waals surface area contributed by atoms with Gasteiger partial charge in [0.2, 0.25) is 0 Å². The van der Waals surface area contributed by atoms with Gasteiger partial charge in [-0.05, 0) is 18.2 Å². The number of rotatable bonds is 4. The van der Waals surface area contributed by atoms with Crippen molar-refractivity contribution in [2.24, 2.45) is 5.92 Å². The lowest BCUT2D eigenvalue weighted by Gasteiger charge is -2.15. The van der Waals surface area contributed by atoms with E-state index in [2.05, 4.69) is 0 Å². The number of aliphatic carboxylic acids is 1. The molecule has 0 heterocycles. The van der Waals surface area contributed by atoms with Gasteiger partial charge in [-0.25, -0.2) is 0 Å². The molecule has 8 heteroatoms. The Morgan fingerprint density at radius 2 is 2.00 bits per heavy atom. The molecule has 100 valence electrons. The molecule has 18 heavy (non-hydrogen) atoms. The van der Waals surface area contributed by atoms with Gasteiger partial charge in [0.1, 0.15) is 0 Å². The Kier molecular flexibility index (Phi) is 5.19. The van der Waals surface area contributed by atoms with E-state index in [4.69, 9.17) is 28.3 Å². The van der Waals surface area contributed by atoms with Crippen LogP contribution < -0.4 is 0 Å². The molecule has 0 bridgehead atoms. The highest BCUT2D eigenvalue weighted by molar-refractivity contribution is 7.99. The van der Waals surface area contributed by atoms with E-state index < -0.39 is 23.8 Å². The summed E-state index contributed by atoms with van der Waals surface area (Å²) in [7, 11) is 0. The lowest BCUT2D eigenvalue weighted by molar-refractivity contribution is -0.188. The lowest BCUT2D eigenvalue weighted by atomic mass is 10.2. The van der Waals surface area contributed by atoms with E-state index in [1.165, 1.54) is 18.2 Å². The third-order valence-electron chi connectivity index (χ3n) is 1.99. The molecule has 0 saturated heterocycles. The van der Waals surface area contributed by atoms with Crippen molar-refractivity contribution in [1.29, 1.82) is 0 Å². The molecule has 1 aromatic carbocycles.